The van der Waals surface area contributed by atoms with Crippen molar-refractivity contribution in [2.45, 2.75) is 89.4 Å². The number of hydrogen-bond acceptors (Lipinski definition) is 7. The topological polar surface area (TPSA) is 97.0 Å². The molecule has 2 aromatic rings. The van der Waals surface area contributed by atoms with Crippen LogP contribution in [0.1, 0.15) is 66.5 Å². The van der Waals surface area contributed by atoms with Crippen LogP contribution in [0, 0.1) is 5.92 Å². The average molecular weight is 640 g/mol. The molecule has 0 heterocycles. The normalized spacial score (nSPS) is 14.4. The van der Waals surface area contributed by atoms with Crippen LogP contribution >= 0.6 is 11.8 Å². The number of carbonyl (C=O) groups excluding carboxylic acids is 3. The van der Waals surface area contributed by atoms with Gasteiger partial charge in [0.25, 0.3) is 0 Å². The molecule has 0 radical (unpaired) electrons. The molecule has 2 amide bonds. The average Bonchev–Trinajstić information content (AvgIpc) is 3.01. The molecule has 2 rings (SSSR count). The van der Waals surface area contributed by atoms with E-state index in [1.54, 1.807) is 57.8 Å². The number of esters is 1. The van der Waals surface area contributed by atoms with Crippen LogP contribution in [-0.2, 0) is 30.3 Å². The Bertz CT molecular complexity index is 1290. The zero-order valence-electron chi connectivity index (χ0n) is 28.9. The highest BCUT2D eigenvalue weighted by Crippen LogP contribution is 2.34. The van der Waals surface area contributed by atoms with Crippen LogP contribution in [0.4, 0.5) is 0 Å². The van der Waals surface area contributed by atoms with Gasteiger partial charge in [-0.1, -0.05) is 76.2 Å². The number of likely N-dealkylation sites (N-methyl/N-ethyl adjacent to an activating group) is 2. The molecule has 8 nitrogen and oxygen atoms in total. The summed E-state index contributed by atoms with van der Waals surface area (Å²) < 4.78 is 9.78. The summed E-state index contributed by atoms with van der Waals surface area (Å²) in [6.45, 7) is 15.7. The lowest BCUT2D eigenvalue weighted by Crippen LogP contribution is -2.63. The fraction of sp³-hybridized carbons (Fsp3) is 0.528. The van der Waals surface area contributed by atoms with Gasteiger partial charge in [-0.25, -0.2) is 4.79 Å². The molecule has 0 aliphatic carbocycles. The molecule has 0 spiro atoms. The molecule has 0 unspecified atom stereocenters. The van der Waals surface area contributed by atoms with Crippen molar-refractivity contribution in [3.63, 3.8) is 0 Å². The fourth-order valence-electron chi connectivity index (χ4n) is 5.36. The predicted molar refractivity (Wildman–Crippen MR) is 184 cm³/mol. The van der Waals surface area contributed by atoms with Crippen molar-refractivity contribution in [3.8, 4) is 5.75 Å². The van der Waals surface area contributed by atoms with E-state index in [4.69, 9.17) is 9.47 Å². The van der Waals surface area contributed by atoms with Crippen molar-refractivity contribution in [3.05, 3.63) is 77.4 Å². The minimum Gasteiger partial charge on any atom is -0.497 e. The summed E-state index contributed by atoms with van der Waals surface area (Å²) in [6, 6.07) is 15.8. The summed E-state index contributed by atoms with van der Waals surface area (Å²) in [5, 5.41) is 6.37. The van der Waals surface area contributed by atoms with Gasteiger partial charge in [0.2, 0.25) is 11.8 Å². The summed E-state index contributed by atoms with van der Waals surface area (Å²) in [5.74, 6) is 0.474. The smallest absolute Gasteiger partial charge is 0.333 e. The molecule has 3 atom stereocenters. The molecular formula is C36H53N3O5S. The first-order valence-corrected chi connectivity index (χ1v) is 16.5. The van der Waals surface area contributed by atoms with E-state index in [9.17, 15) is 14.4 Å². The van der Waals surface area contributed by atoms with E-state index < -0.39 is 34.3 Å². The van der Waals surface area contributed by atoms with E-state index in [-0.39, 0.29) is 24.3 Å². The number of carbonyl (C=O) groups is 3. The predicted octanol–water partition coefficient (Wildman–Crippen LogP) is 5.75. The van der Waals surface area contributed by atoms with Crippen LogP contribution in [0.3, 0.4) is 0 Å². The lowest BCUT2D eigenvalue weighted by atomic mass is 9.77. The molecular weight excluding hydrogens is 586 g/mol. The maximum Gasteiger partial charge on any atom is 0.333 e. The van der Waals surface area contributed by atoms with E-state index >= 15 is 0 Å². The Hall–Kier alpha value is -3.30. The van der Waals surface area contributed by atoms with Gasteiger partial charge in [-0.3, -0.25) is 9.59 Å². The number of methoxy groups -OCH3 is 1. The molecule has 248 valence electrons. The molecule has 0 aliphatic rings. The second-order valence-corrected chi connectivity index (χ2v) is 14.4. The van der Waals surface area contributed by atoms with Gasteiger partial charge in [0.05, 0.1) is 25.8 Å². The third kappa shape index (κ3) is 10.1. The first-order valence-electron chi connectivity index (χ1n) is 15.5. The molecule has 0 saturated carbocycles. The van der Waals surface area contributed by atoms with Crippen molar-refractivity contribution in [1.82, 2.24) is 15.5 Å². The van der Waals surface area contributed by atoms with Crippen LogP contribution in [0.5, 0.6) is 5.75 Å². The second kappa shape index (κ2) is 16.9. The number of hydrogen-bond donors (Lipinski definition) is 2. The minimum absolute atomic E-state index is 0.00295. The van der Waals surface area contributed by atoms with Crippen LogP contribution in [-0.4, -0.2) is 73.4 Å². The van der Waals surface area contributed by atoms with Gasteiger partial charge < -0.3 is 25.0 Å². The Morgan fingerprint density at radius 2 is 1.58 bits per heavy atom. The number of thioether (sulfide) groups is 1. The Morgan fingerprint density at radius 1 is 0.978 bits per heavy atom. The highest BCUT2D eigenvalue weighted by Gasteiger charge is 2.43. The molecule has 0 aliphatic heterocycles. The summed E-state index contributed by atoms with van der Waals surface area (Å²) in [4.78, 5) is 42.7. The van der Waals surface area contributed by atoms with Crippen molar-refractivity contribution in [1.29, 1.82) is 0 Å². The third-order valence-corrected chi connectivity index (χ3v) is 9.74. The first kappa shape index (κ1) is 37.9. The number of nitrogens with zero attached hydrogens (tertiary/aromatic N) is 1. The standard InChI is InChI=1S/C36H53N3O5S/c1-12-44-34(42)25(4)22-29(24(2)3)39(10)33(41)31(36(7,8)45-23-26-18-20-28(43-11)21-19-26)38-32(40)30(37-9)35(5,6)27-16-14-13-15-17-27/h13-22,24,29-31,37H,12,23H2,1-11H3,(H,38,40)/b25-22+/t29-,30+,31+/m0/s1. The monoisotopic (exact) mass is 639 g/mol. The number of benzene rings is 2. The van der Waals surface area contributed by atoms with Crippen LogP contribution in [0.15, 0.2) is 66.2 Å². The molecule has 0 bridgehead atoms. The first-order chi connectivity index (χ1) is 21.1. The molecule has 0 saturated heterocycles. The third-order valence-electron chi connectivity index (χ3n) is 8.29. The number of amides is 2. The highest BCUT2D eigenvalue weighted by molar-refractivity contribution is 7.99. The maximum absolute atomic E-state index is 14.5. The maximum atomic E-state index is 14.5. The van der Waals surface area contributed by atoms with Gasteiger partial charge >= 0.3 is 5.97 Å². The summed E-state index contributed by atoms with van der Waals surface area (Å²) in [7, 11) is 5.13. The van der Waals surface area contributed by atoms with E-state index in [2.05, 4.69) is 10.6 Å². The van der Waals surface area contributed by atoms with E-state index in [0.29, 0.717) is 11.3 Å². The number of nitrogens with one attached hydrogen (secondary N) is 2. The summed E-state index contributed by atoms with van der Waals surface area (Å²) in [5.41, 5.74) is 1.95. The van der Waals surface area contributed by atoms with Crippen molar-refractivity contribution in [2.75, 3.05) is 27.8 Å². The van der Waals surface area contributed by atoms with Crippen LogP contribution < -0.4 is 15.4 Å². The Balaban J connectivity index is 2.49. The van der Waals surface area contributed by atoms with E-state index in [0.717, 1.165) is 16.9 Å². The number of ether oxygens (including phenoxy) is 2. The van der Waals surface area contributed by atoms with Crippen molar-refractivity contribution in [2.24, 2.45) is 5.92 Å². The zero-order chi connectivity index (χ0) is 33.9. The summed E-state index contributed by atoms with van der Waals surface area (Å²) in [6.07, 6.45) is 1.78. The second-order valence-electron chi connectivity index (χ2n) is 12.7. The molecule has 0 aromatic heterocycles. The fourth-order valence-corrected chi connectivity index (χ4v) is 6.42. The highest BCUT2D eigenvalue weighted by atomic mass is 32.2. The van der Waals surface area contributed by atoms with E-state index in [1.807, 2.05) is 96.1 Å². The van der Waals surface area contributed by atoms with Gasteiger partial charge in [-0.05, 0) is 63.9 Å². The Kier molecular flexibility index (Phi) is 14.2. The zero-order valence-corrected chi connectivity index (χ0v) is 29.7. The summed E-state index contributed by atoms with van der Waals surface area (Å²) >= 11 is 1.60. The number of rotatable bonds is 16. The largest absolute Gasteiger partial charge is 0.497 e. The molecule has 2 N–H and O–H groups in total. The molecule has 2 aromatic carbocycles. The van der Waals surface area contributed by atoms with Crippen LogP contribution in [0.2, 0.25) is 0 Å². The SMILES string of the molecule is CCOC(=O)/C(C)=C/[C@@H](C(C)C)N(C)C(=O)[C@@H](NC(=O)[C@@H](NC)C(C)(C)c1ccccc1)C(C)(C)SCc1ccc(OC)cc1. The Labute approximate surface area is 274 Å². The van der Waals surface area contributed by atoms with Gasteiger partial charge in [0, 0.05) is 28.5 Å². The molecule has 0 fully saturated rings. The van der Waals surface area contributed by atoms with E-state index in [1.165, 1.54) is 0 Å². The quantitative estimate of drug-likeness (QED) is 0.178. The lowest BCUT2D eigenvalue weighted by molar-refractivity contribution is -0.139. The molecule has 45 heavy (non-hydrogen) atoms. The minimum atomic E-state index is -0.877. The van der Waals surface area contributed by atoms with Crippen molar-refractivity contribution >= 4 is 29.5 Å². The van der Waals surface area contributed by atoms with Crippen LogP contribution in [0.25, 0.3) is 0 Å². The van der Waals surface area contributed by atoms with Crippen molar-refractivity contribution < 1.29 is 23.9 Å². The van der Waals surface area contributed by atoms with Gasteiger partial charge in [0.1, 0.15) is 11.8 Å². The molecule has 9 heteroatoms. The van der Waals surface area contributed by atoms with Gasteiger partial charge in [-0.15, -0.1) is 11.8 Å². The van der Waals surface area contributed by atoms with Gasteiger partial charge in [-0.2, -0.15) is 0 Å². The lowest BCUT2D eigenvalue weighted by Gasteiger charge is -2.41. The Morgan fingerprint density at radius 3 is 2.09 bits per heavy atom. The van der Waals surface area contributed by atoms with Gasteiger partial charge in [0.15, 0.2) is 0 Å².